The van der Waals surface area contributed by atoms with Gasteiger partial charge in [-0.05, 0) is 20.4 Å². The molecule has 4 nitrogen and oxygen atoms in total. The Morgan fingerprint density at radius 1 is 1.10 bits per heavy atom. The molecule has 0 saturated carbocycles. The number of hydrogen-bond donors (Lipinski definition) is 1. The molecule has 0 rings (SSSR count). The van der Waals surface area contributed by atoms with Crippen LogP contribution in [0, 0.1) is 0 Å². The molecular formula is C11H17F6NO3. The number of likely N-dealkylation sites (N-methyl/N-ethyl adjacent to an activating group) is 1. The third kappa shape index (κ3) is 6.08. The lowest BCUT2D eigenvalue weighted by Crippen LogP contribution is -2.56. The number of halogens is 6. The van der Waals surface area contributed by atoms with E-state index in [0.29, 0.717) is 0 Å². The van der Waals surface area contributed by atoms with Crippen LogP contribution in [0.1, 0.15) is 20.8 Å². The summed E-state index contributed by atoms with van der Waals surface area (Å²) in [6.45, 7) is 3.02. The number of rotatable bonds is 7. The van der Waals surface area contributed by atoms with E-state index in [-0.39, 0.29) is 13.2 Å². The van der Waals surface area contributed by atoms with Crippen LogP contribution >= 0.6 is 0 Å². The van der Waals surface area contributed by atoms with E-state index in [1.807, 2.05) is 0 Å². The SMILES string of the molecule is CCNC(C)(COC(C(F)(F)F)C(F)(F)F)C(=O)OCC. The summed E-state index contributed by atoms with van der Waals surface area (Å²) in [7, 11) is 0. The smallest absolute Gasteiger partial charge is 0.423 e. The fraction of sp³-hybridized carbons (Fsp3) is 0.909. The topological polar surface area (TPSA) is 47.6 Å². The Hall–Kier alpha value is -1.03. The largest absolute Gasteiger partial charge is 0.465 e. The van der Waals surface area contributed by atoms with Gasteiger partial charge >= 0.3 is 18.3 Å². The minimum atomic E-state index is -5.62. The maximum absolute atomic E-state index is 12.3. The Morgan fingerprint density at radius 2 is 1.57 bits per heavy atom. The van der Waals surface area contributed by atoms with E-state index in [9.17, 15) is 31.1 Å². The Morgan fingerprint density at radius 3 is 1.90 bits per heavy atom. The average molecular weight is 325 g/mol. The molecular weight excluding hydrogens is 308 g/mol. The molecule has 10 heteroatoms. The number of esters is 1. The van der Waals surface area contributed by atoms with Gasteiger partial charge in [-0.1, -0.05) is 6.92 Å². The number of alkyl halides is 6. The van der Waals surface area contributed by atoms with E-state index < -0.39 is 36.6 Å². The van der Waals surface area contributed by atoms with Crippen molar-refractivity contribution >= 4 is 5.97 Å². The minimum absolute atomic E-state index is 0.0677. The second-order valence-electron chi connectivity index (χ2n) is 4.36. The number of nitrogens with one attached hydrogen (secondary N) is 1. The van der Waals surface area contributed by atoms with Gasteiger partial charge in [0.25, 0.3) is 0 Å². The standard InChI is InChI=1S/C11H17F6NO3/c1-4-18-9(3,8(19)20-5-2)6-21-7(10(12,13)14)11(15,16)17/h7,18H,4-6H2,1-3H3. The summed E-state index contributed by atoms with van der Waals surface area (Å²) in [6, 6.07) is 0. The molecule has 0 aliphatic rings. The van der Waals surface area contributed by atoms with Crippen molar-refractivity contribution in [3.63, 3.8) is 0 Å². The summed E-state index contributed by atoms with van der Waals surface area (Å²) in [5.74, 6) is -0.991. The van der Waals surface area contributed by atoms with Gasteiger partial charge in [0.1, 0.15) is 5.54 Å². The molecule has 0 aliphatic heterocycles. The van der Waals surface area contributed by atoms with Crippen LogP contribution in [0.15, 0.2) is 0 Å². The van der Waals surface area contributed by atoms with Crippen molar-refractivity contribution in [2.24, 2.45) is 0 Å². The second-order valence-corrected chi connectivity index (χ2v) is 4.36. The molecule has 0 aliphatic carbocycles. The normalized spacial score (nSPS) is 15.9. The van der Waals surface area contributed by atoms with Crippen molar-refractivity contribution in [1.82, 2.24) is 5.32 Å². The first kappa shape index (κ1) is 20.0. The van der Waals surface area contributed by atoms with E-state index in [1.165, 1.54) is 13.8 Å². The average Bonchev–Trinajstić information content (AvgIpc) is 2.25. The lowest BCUT2D eigenvalue weighted by atomic mass is 10.0. The van der Waals surface area contributed by atoms with E-state index in [0.717, 1.165) is 6.92 Å². The molecule has 0 aromatic carbocycles. The molecule has 0 saturated heterocycles. The van der Waals surface area contributed by atoms with Crippen molar-refractivity contribution in [2.45, 2.75) is 44.8 Å². The Kier molecular flexibility index (Phi) is 6.94. The summed E-state index contributed by atoms with van der Waals surface area (Å²) in [5, 5.41) is 2.47. The Bertz CT molecular complexity index is 330. The zero-order chi connectivity index (χ0) is 16.9. The van der Waals surface area contributed by atoms with Crippen LogP contribution in [-0.2, 0) is 14.3 Å². The van der Waals surface area contributed by atoms with E-state index in [4.69, 9.17) is 0 Å². The van der Waals surface area contributed by atoms with Crippen molar-refractivity contribution in [1.29, 1.82) is 0 Å². The molecule has 0 spiro atoms. The quantitative estimate of drug-likeness (QED) is 0.577. The van der Waals surface area contributed by atoms with Gasteiger partial charge in [0, 0.05) is 0 Å². The molecule has 1 N–H and O–H groups in total. The van der Waals surface area contributed by atoms with Gasteiger partial charge in [0.05, 0.1) is 13.2 Å². The lowest BCUT2D eigenvalue weighted by molar-refractivity contribution is -0.324. The highest BCUT2D eigenvalue weighted by Crippen LogP contribution is 2.36. The predicted molar refractivity (Wildman–Crippen MR) is 60.6 cm³/mol. The van der Waals surface area contributed by atoms with Gasteiger partial charge in [0.15, 0.2) is 0 Å². The van der Waals surface area contributed by atoms with E-state index in [2.05, 4.69) is 14.8 Å². The Labute approximate surface area is 117 Å². The highest BCUT2D eigenvalue weighted by molar-refractivity contribution is 5.80. The maximum atomic E-state index is 12.3. The van der Waals surface area contributed by atoms with Crippen LogP contribution in [0.2, 0.25) is 0 Å². The lowest BCUT2D eigenvalue weighted by Gasteiger charge is -2.31. The molecule has 0 amide bonds. The third-order valence-corrected chi connectivity index (χ3v) is 2.43. The second kappa shape index (κ2) is 7.30. The first-order chi connectivity index (χ1) is 9.38. The van der Waals surface area contributed by atoms with Crippen LogP contribution < -0.4 is 5.32 Å². The van der Waals surface area contributed by atoms with Crippen LogP contribution in [0.4, 0.5) is 26.3 Å². The van der Waals surface area contributed by atoms with Crippen molar-refractivity contribution in [2.75, 3.05) is 19.8 Å². The summed E-state index contributed by atoms with van der Waals surface area (Å²) in [6.07, 6.45) is -15.2. The van der Waals surface area contributed by atoms with Crippen molar-refractivity contribution < 1.29 is 40.6 Å². The molecule has 126 valence electrons. The molecule has 1 unspecified atom stereocenters. The van der Waals surface area contributed by atoms with Crippen molar-refractivity contribution in [3.8, 4) is 0 Å². The molecule has 21 heavy (non-hydrogen) atoms. The zero-order valence-corrected chi connectivity index (χ0v) is 11.7. The van der Waals surface area contributed by atoms with Crippen LogP contribution in [-0.4, -0.2) is 49.7 Å². The molecule has 0 aromatic rings. The van der Waals surface area contributed by atoms with Crippen molar-refractivity contribution in [3.05, 3.63) is 0 Å². The van der Waals surface area contributed by atoms with E-state index in [1.54, 1.807) is 0 Å². The highest BCUT2D eigenvalue weighted by atomic mass is 19.4. The van der Waals surface area contributed by atoms with Gasteiger partial charge in [0.2, 0.25) is 6.10 Å². The fourth-order valence-electron chi connectivity index (χ4n) is 1.49. The number of carbonyl (C=O) groups is 1. The van der Waals surface area contributed by atoms with Gasteiger partial charge < -0.3 is 14.8 Å². The summed E-state index contributed by atoms with van der Waals surface area (Å²) < 4.78 is 82.6. The minimum Gasteiger partial charge on any atom is -0.465 e. The van der Waals surface area contributed by atoms with E-state index >= 15 is 0 Å². The summed E-state index contributed by atoms with van der Waals surface area (Å²) in [5.41, 5.74) is -1.81. The first-order valence-corrected chi connectivity index (χ1v) is 6.05. The molecule has 0 fully saturated rings. The molecule has 1 atom stereocenters. The van der Waals surface area contributed by atoms with Gasteiger partial charge in [-0.2, -0.15) is 26.3 Å². The molecule has 0 aromatic heterocycles. The zero-order valence-electron chi connectivity index (χ0n) is 11.7. The Balaban J connectivity index is 5.06. The van der Waals surface area contributed by atoms with Gasteiger partial charge in [-0.15, -0.1) is 0 Å². The summed E-state index contributed by atoms with van der Waals surface area (Å²) >= 11 is 0. The van der Waals surface area contributed by atoms with Crippen LogP contribution in [0.3, 0.4) is 0 Å². The maximum Gasteiger partial charge on any atom is 0.423 e. The first-order valence-electron chi connectivity index (χ1n) is 6.05. The number of hydrogen-bond acceptors (Lipinski definition) is 4. The summed E-state index contributed by atoms with van der Waals surface area (Å²) in [4.78, 5) is 11.6. The number of ether oxygens (including phenoxy) is 2. The molecule has 0 radical (unpaired) electrons. The molecule has 0 bridgehead atoms. The third-order valence-electron chi connectivity index (χ3n) is 2.43. The fourth-order valence-corrected chi connectivity index (χ4v) is 1.49. The monoisotopic (exact) mass is 325 g/mol. The highest BCUT2D eigenvalue weighted by Gasteiger charge is 2.58. The predicted octanol–water partition coefficient (Wildman–Crippen LogP) is 2.43. The van der Waals surface area contributed by atoms with Crippen LogP contribution in [0.5, 0.6) is 0 Å². The number of carbonyl (C=O) groups excluding carboxylic acids is 1. The van der Waals surface area contributed by atoms with Crippen LogP contribution in [0.25, 0.3) is 0 Å². The molecule has 0 heterocycles. The van der Waals surface area contributed by atoms with Gasteiger partial charge in [-0.3, -0.25) is 0 Å². The van der Waals surface area contributed by atoms with Gasteiger partial charge in [-0.25, -0.2) is 4.79 Å².